The molecule has 0 spiro atoms. The lowest BCUT2D eigenvalue weighted by Crippen LogP contribution is -2.55. The molecule has 4 rings (SSSR count). The van der Waals surface area contributed by atoms with Crippen LogP contribution in [0.1, 0.15) is 106 Å². The molecule has 4 aliphatic rings. The van der Waals surface area contributed by atoms with E-state index in [0.29, 0.717) is 36.0 Å². The maximum Gasteiger partial charge on any atom is 0.417 e. The van der Waals surface area contributed by atoms with Crippen molar-refractivity contribution in [3.63, 3.8) is 0 Å². The summed E-state index contributed by atoms with van der Waals surface area (Å²) >= 11 is 0. The number of aliphatic hydroxyl groups excluding tert-OH is 1. The monoisotopic (exact) mass is 484 g/mol. The minimum atomic E-state index is -4.56. The Bertz CT molecular complexity index is 798. The summed E-state index contributed by atoms with van der Waals surface area (Å²) in [6, 6.07) is 0. The molecule has 3 saturated carbocycles. The molecule has 0 aromatic heterocycles. The topological polar surface area (TPSA) is 40.5 Å². The van der Waals surface area contributed by atoms with Crippen LogP contribution in [0, 0.1) is 45.8 Å². The van der Waals surface area contributed by atoms with Crippen molar-refractivity contribution in [2.75, 3.05) is 0 Å². The molecule has 0 bridgehead atoms. The number of hydrogen-bond donors (Lipinski definition) is 2. The summed E-state index contributed by atoms with van der Waals surface area (Å²) in [6.45, 7) is 13.4. The number of rotatable bonds is 4. The smallest absolute Gasteiger partial charge is 0.393 e. The van der Waals surface area contributed by atoms with Crippen LogP contribution in [-0.4, -0.2) is 28.1 Å². The van der Waals surface area contributed by atoms with Gasteiger partial charge in [0.05, 0.1) is 6.10 Å². The molecule has 0 aliphatic heterocycles. The van der Waals surface area contributed by atoms with Crippen LogP contribution in [0.5, 0.6) is 0 Å². The van der Waals surface area contributed by atoms with Crippen LogP contribution >= 0.6 is 0 Å². The molecule has 9 atom stereocenters. The van der Waals surface area contributed by atoms with Crippen LogP contribution in [0.15, 0.2) is 11.6 Å². The lowest BCUT2D eigenvalue weighted by Gasteiger charge is -2.59. The molecule has 0 amide bonds. The Labute approximate surface area is 204 Å². The van der Waals surface area contributed by atoms with E-state index < -0.39 is 11.8 Å². The average Bonchev–Trinajstić information content (AvgIpc) is 3.08. The summed E-state index contributed by atoms with van der Waals surface area (Å²) in [6.07, 6.45) is 4.74. The van der Waals surface area contributed by atoms with Gasteiger partial charge < -0.3 is 10.2 Å². The van der Waals surface area contributed by atoms with E-state index >= 15 is 0 Å². The molecular weight excluding hydrogens is 437 g/mol. The molecule has 3 fully saturated rings. The Morgan fingerprint density at radius 1 is 1.00 bits per heavy atom. The lowest BCUT2D eigenvalue weighted by atomic mass is 9.46. The van der Waals surface area contributed by atoms with Crippen molar-refractivity contribution < 1.29 is 23.4 Å². The maximum absolute atomic E-state index is 13.6. The van der Waals surface area contributed by atoms with Gasteiger partial charge >= 0.3 is 6.18 Å². The number of alkyl halides is 3. The second kappa shape index (κ2) is 8.50. The van der Waals surface area contributed by atoms with Crippen LogP contribution in [0.3, 0.4) is 0 Å². The van der Waals surface area contributed by atoms with Gasteiger partial charge in [-0.05, 0) is 104 Å². The molecule has 0 heterocycles. The van der Waals surface area contributed by atoms with E-state index in [-0.39, 0.29) is 35.2 Å². The summed E-state index contributed by atoms with van der Waals surface area (Å²) in [7, 11) is 0. The van der Waals surface area contributed by atoms with Crippen molar-refractivity contribution in [2.45, 2.75) is 124 Å². The molecule has 0 saturated heterocycles. The summed E-state index contributed by atoms with van der Waals surface area (Å²) < 4.78 is 40.7. The van der Waals surface area contributed by atoms with Crippen molar-refractivity contribution in [3.8, 4) is 0 Å². The first kappa shape index (κ1) is 26.5. The van der Waals surface area contributed by atoms with Gasteiger partial charge in [-0.3, -0.25) is 0 Å². The van der Waals surface area contributed by atoms with E-state index in [1.807, 2.05) is 0 Å². The molecule has 0 aromatic rings. The normalized spacial score (nSPS) is 44.5. The highest BCUT2D eigenvalue weighted by Gasteiger charge is 2.63. The largest absolute Gasteiger partial charge is 0.417 e. The van der Waals surface area contributed by atoms with Gasteiger partial charge in [-0.2, -0.15) is 13.2 Å². The Kier molecular flexibility index (Phi) is 6.63. The van der Waals surface area contributed by atoms with Gasteiger partial charge in [-0.15, -0.1) is 0 Å². The van der Waals surface area contributed by atoms with Gasteiger partial charge in [0.1, 0.15) is 0 Å². The standard InChI is InChI=1S/C29H47F3O2/c1-18(7-12-24(33)25(2,3)4)21-10-11-22-20-9-8-19-17-28(34,29(30,31)32)16-15-26(19,5)23(20)13-14-27(21,22)6/h8,18,20-24,33-34H,7,9-17H2,1-6H3/t18-,20+,21-,22+,23+,24+,26+,27-,28+/m1/s1. The highest BCUT2D eigenvalue weighted by Crippen LogP contribution is 2.68. The van der Waals surface area contributed by atoms with Gasteiger partial charge in [0, 0.05) is 6.42 Å². The summed E-state index contributed by atoms with van der Waals surface area (Å²) in [5, 5.41) is 21.0. The van der Waals surface area contributed by atoms with E-state index in [1.165, 1.54) is 12.8 Å². The minimum absolute atomic E-state index is 0.0836. The zero-order chi connectivity index (χ0) is 25.3. The third-order valence-electron chi connectivity index (χ3n) is 11.3. The highest BCUT2D eigenvalue weighted by molar-refractivity contribution is 5.28. The fraction of sp³-hybridized carbons (Fsp3) is 0.931. The van der Waals surface area contributed by atoms with Crippen LogP contribution in [0.2, 0.25) is 0 Å². The van der Waals surface area contributed by atoms with Crippen molar-refractivity contribution in [1.82, 2.24) is 0 Å². The third-order valence-corrected chi connectivity index (χ3v) is 11.3. The van der Waals surface area contributed by atoms with Crippen LogP contribution < -0.4 is 0 Å². The fourth-order valence-electron chi connectivity index (χ4n) is 8.92. The molecule has 0 aromatic carbocycles. The first-order valence-corrected chi connectivity index (χ1v) is 13.7. The van der Waals surface area contributed by atoms with E-state index in [4.69, 9.17) is 0 Å². The molecule has 4 aliphatic carbocycles. The molecule has 5 heteroatoms. The van der Waals surface area contributed by atoms with E-state index in [9.17, 15) is 23.4 Å². The molecular formula is C29H47F3O2. The lowest BCUT2D eigenvalue weighted by molar-refractivity contribution is -0.271. The Hall–Kier alpha value is -0.550. The Balaban J connectivity index is 1.49. The van der Waals surface area contributed by atoms with Crippen molar-refractivity contribution in [1.29, 1.82) is 0 Å². The molecule has 34 heavy (non-hydrogen) atoms. The second-order valence-electron chi connectivity index (χ2n) is 14.1. The third kappa shape index (κ3) is 4.19. The quantitative estimate of drug-likeness (QED) is 0.402. The van der Waals surface area contributed by atoms with E-state index in [0.717, 1.165) is 37.7 Å². The number of aliphatic hydroxyl groups is 2. The predicted octanol–water partition coefficient (Wildman–Crippen LogP) is 7.68. The van der Waals surface area contributed by atoms with E-state index in [1.54, 1.807) is 0 Å². The van der Waals surface area contributed by atoms with Crippen molar-refractivity contribution in [3.05, 3.63) is 11.6 Å². The predicted molar refractivity (Wildman–Crippen MR) is 130 cm³/mol. The zero-order valence-electron chi connectivity index (χ0n) is 22.1. The van der Waals surface area contributed by atoms with Crippen LogP contribution in [0.4, 0.5) is 13.2 Å². The number of hydrogen-bond acceptors (Lipinski definition) is 2. The summed E-state index contributed by atoms with van der Waals surface area (Å²) in [4.78, 5) is 0. The first-order chi connectivity index (χ1) is 15.5. The Morgan fingerprint density at radius 3 is 2.29 bits per heavy atom. The fourth-order valence-corrected chi connectivity index (χ4v) is 8.92. The van der Waals surface area contributed by atoms with Crippen molar-refractivity contribution >= 4 is 0 Å². The van der Waals surface area contributed by atoms with Crippen LogP contribution in [-0.2, 0) is 0 Å². The SMILES string of the molecule is C[C@H](CC[C@H](O)C(C)(C)C)[C@H]1CC[C@H]2[C@@H]3CC=C4C[C@](O)(C(F)(F)F)CC[C@]4(C)[C@H]3CC[C@]12C. The molecule has 196 valence electrons. The average molecular weight is 485 g/mol. The van der Waals surface area contributed by atoms with Gasteiger partial charge in [-0.25, -0.2) is 0 Å². The minimum Gasteiger partial charge on any atom is -0.393 e. The maximum atomic E-state index is 13.6. The van der Waals surface area contributed by atoms with Gasteiger partial charge in [0.25, 0.3) is 0 Å². The number of allylic oxidation sites excluding steroid dienone is 1. The van der Waals surface area contributed by atoms with E-state index in [2.05, 4.69) is 47.6 Å². The van der Waals surface area contributed by atoms with Crippen molar-refractivity contribution in [2.24, 2.45) is 45.8 Å². The molecule has 2 N–H and O–H groups in total. The van der Waals surface area contributed by atoms with Gasteiger partial charge in [0.15, 0.2) is 5.60 Å². The van der Waals surface area contributed by atoms with Gasteiger partial charge in [-0.1, -0.05) is 53.2 Å². The zero-order valence-corrected chi connectivity index (χ0v) is 22.1. The summed E-state index contributed by atoms with van der Waals surface area (Å²) in [5.74, 6) is 2.84. The molecule has 0 radical (unpaired) electrons. The molecule has 2 nitrogen and oxygen atoms in total. The number of fused-ring (bicyclic) bond motifs is 5. The summed E-state index contributed by atoms with van der Waals surface area (Å²) in [5.41, 5.74) is -1.69. The second-order valence-corrected chi connectivity index (χ2v) is 14.1. The van der Waals surface area contributed by atoms with Crippen LogP contribution in [0.25, 0.3) is 0 Å². The highest BCUT2D eigenvalue weighted by atomic mass is 19.4. The van der Waals surface area contributed by atoms with Gasteiger partial charge in [0.2, 0.25) is 0 Å². The Morgan fingerprint density at radius 2 is 1.68 bits per heavy atom. The number of halogens is 3. The molecule has 0 unspecified atom stereocenters. The first-order valence-electron chi connectivity index (χ1n) is 13.7.